The van der Waals surface area contributed by atoms with Gasteiger partial charge in [0.05, 0.1) is 0 Å². The molecule has 2 aromatic rings. The maximum atomic E-state index is 11.9. The topological polar surface area (TPSA) is 75.0 Å². The molecule has 0 atom stereocenters. The fraction of sp³-hybridized carbons (Fsp3) is 0.412. The summed E-state index contributed by atoms with van der Waals surface area (Å²) in [6.45, 7) is 4.48. The highest BCUT2D eigenvalue weighted by molar-refractivity contribution is 5.85. The first-order valence-electron chi connectivity index (χ1n) is 7.92. The first kappa shape index (κ1) is 19.2. The maximum Gasteiger partial charge on any atom is 0.414 e. The molecule has 0 radical (unpaired) electrons. The lowest BCUT2D eigenvalue weighted by Crippen LogP contribution is -2.43. The van der Waals surface area contributed by atoms with Crippen LogP contribution in [0.5, 0.6) is 5.75 Å². The Labute approximate surface area is 151 Å². The van der Waals surface area contributed by atoms with Crippen LogP contribution in [0.4, 0.5) is 4.79 Å². The number of carbonyl (C=O) groups is 1. The van der Waals surface area contributed by atoms with Gasteiger partial charge in [-0.1, -0.05) is 0 Å². The second-order valence-corrected chi connectivity index (χ2v) is 6.04. The molecule has 3 rings (SSSR count). The monoisotopic (exact) mass is 367 g/mol. The average Bonchev–Trinajstić information content (AvgIpc) is 2.55. The zero-order valence-corrected chi connectivity index (χ0v) is 15.1. The summed E-state index contributed by atoms with van der Waals surface area (Å²) in [5.41, 5.74) is 0.953. The Hall–Kier alpha value is -2.09. The number of halogens is 1. The Morgan fingerprint density at radius 2 is 2.00 bits per heavy atom. The predicted molar refractivity (Wildman–Crippen MR) is 97.6 cm³/mol. The zero-order valence-electron chi connectivity index (χ0n) is 14.3. The number of ether oxygens (including phenoxy) is 1. The van der Waals surface area contributed by atoms with Crippen molar-refractivity contribution in [2.24, 2.45) is 0 Å². The number of nitrogens with one attached hydrogen (secondary N) is 1. The van der Waals surface area contributed by atoms with E-state index in [9.17, 15) is 9.59 Å². The molecule has 25 heavy (non-hydrogen) atoms. The van der Waals surface area contributed by atoms with E-state index in [4.69, 9.17) is 9.15 Å². The molecule has 1 saturated heterocycles. The maximum absolute atomic E-state index is 11.9. The highest BCUT2D eigenvalue weighted by atomic mass is 35.5. The van der Waals surface area contributed by atoms with Gasteiger partial charge in [0.25, 0.3) is 0 Å². The van der Waals surface area contributed by atoms with Crippen molar-refractivity contribution in [3.05, 3.63) is 40.2 Å². The molecule has 0 saturated carbocycles. The lowest BCUT2D eigenvalue weighted by molar-refractivity contribution is 0.172. The van der Waals surface area contributed by atoms with Crippen molar-refractivity contribution in [1.29, 1.82) is 0 Å². The molecule has 0 unspecified atom stereocenters. The van der Waals surface area contributed by atoms with E-state index in [2.05, 4.69) is 10.2 Å². The fourth-order valence-corrected chi connectivity index (χ4v) is 2.71. The third-order valence-electron chi connectivity index (χ3n) is 3.98. The number of piperazine rings is 1. The molecular weight excluding hydrogens is 346 g/mol. The Kier molecular flexibility index (Phi) is 6.41. The molecular formula is C17H22ClN3O4. The van der Waals surface area contributed by atoms with Crippen molar-refractivity contribution in [2.45, 2.75) is 6.54 Å². The molecule has 1 aliphatic rings. The van der Waals surface area contributed by atoms with E-state index >= 15 is 0 Å². The molecule has 1 aliphatic heterocycles. The van der Waals surface area contributed by atoms with E-state index in [1.165, 1.54) is 11.0 Å². The number of amides is 1. The summed E-state index contributed by atoms with van der Waals surface area (Å²) in [4.78, 5) is 27.1. The van der Waals surface area contributed by atoms with Crippen molar-refractivity contribution in [2.75, 3.05) is 40.3 Å². The van der Waals surface area contributed by atoms with Crippen LogP contribution in [-0.2, 0) is 6.54 Å². The molecule has 1 fully saturated rings. The van der Waals surface area contributed by atoms with Gasteiger partial charge < -0.3 is 19.4 Å². The van der Waals surface area contributed by atoms with Gasteiger partial charge in [-0.25, -0.2) is 9.59 Å². The fourth-order valence-electron chi connectivity index (χ4n) is 2.71. The van der Waals surface area contributed by atoms with Gasteiger partial charge >= 0.3 is 11.7 Å². The molecule has 1 amide bonds. The predicted octanol–water partition coefficient (Wildman–Crippen LogP) is 1.68. The molecule has 136 valence electrons. The number of rotatable bonds is 3. The van der Waals surface area contributed by atoms with Crippen molar-refractivity contribution >= 4 is 29.5 Å². The molecule has 0 spiro atoms. The van der Waals surface area contributed by atoms with E-state index in [0.717, 1.165) is 37.1 Å². The Balaban J connectivity index is 0.00000225. The standard InChI is InChI=1S/C17H21N3O4.ClH/c1-19(2)17(22)23-13-3-4-14-12(9-16(21)24-15(14)10-13)11-20-7-5-18-6-8-20;/h3-4,9-10,18H,5-8,11H2,1-2H3;1H. The zero-order chi connectivity index (χ0) is 17.1. The second-order valence-electron chi connectivity index (χ2n) is 6.04. The van der Waals surface area contributed by atoms with Crippen LogP contribution in [0.3, 0.4) is 0 Å². The van der Waals surface area contributed by atoms with E-state index in [0.29, 0.717) is 17.9 Å². The van der Waals surface area contributed by atoms with Gasteiger partial charge in [-0.2, -0.15) is 0 Å². The Morgan fingerprint density at radius 1 is 1.28 bits per heavy atom. The first-order chi connectivity index (χ1) is 11.5. The van der Waals surface area contributed by atoms with Crippen molar-refractivity contribution < 1.29 is 13.9 Å². The lowest BCUT2D eigenvalue weighted by Gasteiger charge is -2.27. The highest BCUT2D eigenvalue weighted by Gasteiger charge is 2.14. The van der Waals surface area contributed by atoms with Gasteiger partial charge in [-0.05, 0) is 17.7 Å². The number of hydrogen-bond acceptors (Lipinski definition) is 6. The number of fused-ring (bicyclic) bond motifs is 1. The molecule has 0 aliphatic carbocycles. The van der Waals surface area contributed by atoms with Gasteiger partial charge in [0.2, 0.25) is 0 Å². The summed E-state index contributed by atoms with van der Waals surface area (Å²) in [5.74, 6) is 0.351. The number of carbonyl (C=O) groups excluding carboxylic acids is 1. The summed E-state index contributed by atoms with van der Waals surface area (Å²) in [5, 5.41) is 4.17. The van der Waals surface area contributed by atoms with Crippen LogP contribution in [0.2, 0.25) is 0 Å². The van der Waals surface area contributed by atoms with Crippen LogP contribution < -0.4 is 15.7 Å². The van der Waals surface area contributed by atoms with Gasteiger partial charge in [0.15, 0.2) is 0 Å². The minimum absolute atomic E-state index is 0. The minimum atomic E-state index is -0.478. The van der Waals surface area contributed by atoms with E-state index in [1.54, 1.807) is 26.2 Å². The van der Waals surface area contributed by atoms with Gasteiger partial charge in [0.1, 0.15) is 11.3 Å². The molecule has 0 bridgehead atoms. The van der Waals surface area contributed by atoms with Gasteiger partial charge in [-0.15, -0.1) is 12.4 Å². The molecule has 7 nitrogen and oxygen atoms in total. The lowest BCUT2D eigenvalue weighted by atomic mass is 10.1. The molecule has 8 heteroatoms. The summed E-state index contributed by atoms with van der Waals surface area (Å²) in [6.07, 6.45) is -0.478. The van der Waals surface area contributed by atoms with Gasteiger partial charge in [0, 0.05) is 64.3 Å². The molecule has 1 aromatic carbocycles. The van der Waals surface area contributed by atoms with Crippen molar-refractivity contribution in [3.8, 4) is 5.75 Å². The minimum Gasteiger partial charge on any atom is -0.423 e. The van der Waals surface area contributed by atoms with Crippen LogP contribution in [0.15, 0.2) is 33.5 Å². The largest absolute Gasteiger partial charge is 0.423 e. The molecule has 2 heterocycles. The van der Waals surface area contributed by atoms with E-state index in [-0.39, 0.29) is 12.4 Å². The van der Waals surface area contributed by atoms with Crippen LogP contribution in [-0.4, -0.2) is 56.2 Å². The SMILES string of the molecule is CN(C)C(=O)Oc1ccc2c(CN3CCNCC3)cc(=O)oc2c1.Cl. The summed E-state index contributed by atoms with van der Waals surface area (Å²) < 4.78 is 10.5. The quantitative estimate of drug-likeness (QED) is 0.832. The van der Waals surface area contributed by atoms with E-state index < -0.39 is 11.7 Å². The summed E-state index contributed by atoms with van der Waals surface area (Å²) in [6, 6.07) is 6.66. The number of nitrogens with zero attached hydrogens (tertiary/aromatic N) is 2. The Bertz CT molecular complexity index is 800. The van der Waals surface area contributed by atoms with Crippen molar-refractivity contribution in [1.82, 2.24) is 15.1 Å². The molecule has 1 N–H and O–H groups in total. The first-order valence-corrected chi connectivity index (χ1v) is 7.92. The van der Waals surface area contributed by atoms with Crippen LogP contribution in [0, 0.1) is 0 Å². The number of benzene rings is 1. The van der Waals surface area contributed by atoms with Crippen molar-refractivity contribution in [3.63, 3.8) is 0 Å². The second kappa shape index (κ2) is 8.33. The van der Waals surface area contributed by atoms with Crippen LogP contribution in [0.25, 0.3) is 11.0 Å². The summed E-state index contributed by atoms with van der Waals surface area (Å²) in [7, 11) is 3.21. The Morgan fingerprint density at radius 3 is 2.68 bits per heavy atom. The molecule has 1 aromatic heterocycles. The average molecular weight is 368 g/mol. The smallest absolute Gasteiger partial charge is 0.414 e. The normalized spacial score (nSPS) is 14.8. The van der Waals surface area contributed by atoms with Crippen LogP contribution in [0.1, 0.15) is 5.56 Å². The van der Waals surface area contributed by atoms with Crippen LogP contribution >= 0.6 is 12.4 Å². The number of hydrogen-bond donors (Lipinski definition) is 1. The van der Waals surface area contributed by atoms with E-state index in [1.807, 2.05) is 6.07 Å². The highest BCUT2D eigenvalue weighted by Crippen LogP contribution is 2.24. The van der Waals surface area contributed by atoms with Gasteiger partial charge in [-0.3, -0.25) is 4.90 Å². The third-order valence-corrected chi connectivity index (χ3v) is 3.98. The summed E-state index contributed by atoms with van der Waals surface area (Å²) >= 11 is 0. The third kappa shape index (κ3) is 4.72.